The molecule has 2 aliphatic heterocycles. The van der Waals surface area contributed by atoms with Crippen LogP contribution in [0.15, 0.2) is 21.9 Å². The highest BCUT2D eigenvalue weighted by Crippen LogP contribution is 2.33. The Labute approximate surface area is 120 Å². The third kappa shape index (κ3) is 2.55. The number of likely N-dealkylation sites (tertiary alicyclic amines) is 1. The molecule has 4 atom stereocenters. The minimum Gasteiger partial charge on any atom is -0.394 e. The number of aromatic nitrogens is 2. The minimum atomic E-state index is -0.941. The second kappa shape index (κ2) is 5.72. The Morgan fingerprint density at radius 2 is 2.05 bits per heavy atom. The predicted molar refractivity (Wildman–Crippen MR) is 72.9 cm³/mol. The van der Waals surface area contributed by atoms with Crippen molar-refractivity contribution in [1.82, 2.24) is 14.5 Å². The monoisotopic (exact) mass is 297 g/mol. The number of H-pyrrole nitrogens is 1. The predicted octanol–water partition coefficient (Wildman–Crippen LogP) is -1.75. The van der Waals surface area contributed by atoms with Crippen LogP contribution in [0, 0.1) is 0 Å². The van der Waals surface area contributed by atoms with Crippen molar-refractivity contribution >= 4 is 0 Å². The minimum absolute atomic E-state index is 0.229. The fourth-order valence-electron chi connectivity index (χ4n) is 3.23. The van der Waals surface area contributed by atoms with Crippen molar-refractivity contribution in [2.75, 3.05) is 19.7 Å². The van der Waals surface area contributed by atoms with Crippen molar-refractivity contribution < 1.29 is 14.9 Å². The highest BCUT2D eigenvalue weighted by atomic mass is 16.5. The van der Waals surface area contributed by atoms with E-state index >= 15 is 0 Å². The molecular formula is C13H19N3O5. The van der Waals surface area contributed by atoms with Crippen LogP contribution in [0.25, 0.3) is 0 Å². The van der Waals surface area contributed by atoms with Crippen LogP contribution in [0.2, 0.25) is 0 Å². The van der Waals surface area contributed by atoms with E-state index in [1.54, 1.807) is 0 Å². The van der Waals surface area contributed by atoms with Gasteiger partial charge in [-0.05, 0) is 25.9 Å². The van der Waals surface area contributed by atoms with Crippen LogP contribution >= 0.6 is 0 Å². The second-order valence-electron chi connectivity index (χ2n) is 5.49. The van der Waals surface area contributed by atoms with Gasteiger partial charge in [-0.3, -0.25) is 19.2 Å². The summed E-state index contributed by atoms with van der Waals surface area (Å²) >= 11 is 0. The van der Waals surface area contributed by atoms with Gasteiger partial charge in [-0.1, -0.05) is 0 Å². The molecule has 1 aromatic rings. The van der Waals surface area contributed by atoms with Crippen molar-refractivity contribution in [2.24, 2.45) is 0 Å². The SMILES string of the molecule is O=c1ccn([C@@H]2O[C@H](CO)[C@@H](N3CCCC3)[C@@H]2O)c(=O)[nH]1. The maximum Gasteiger partial charge on any atom is 0.330 e. The van der Waals surface area contributed by atoms with E-state index in [0.29, 0.717) is 0 Å². The van der Waals surface area contributed by atoms with E-state index in [2.05, 4.69) is 9.88 Å². The van der Waals surface area contributed by atoms with Crippen molar-refractivity contribution in [3.63, 3.8) is 0 Å². The van der Waals surface area contributed by atoms with E-state index < -0.39 is 29.7 Å². The lowest BCUT2D eigenvalue weighted by atomic mass is 10.1. The van der Waals surface area contributed by atoms with Gasteiger partial charge in [0.15, 0.2) is 6.23 Å². The molecule has 0 aromatic carbocycles. The Balaban J connectivity index is 1.90. The van der Waals surface area contributed by atoms with Crippen molar-refractivity contribution in [3.05, 3.63) is 33.1 Å². The first-order valence-corrected chi connectivity index (χ1v) is 7.11. The molecule has 8 heteroatoms. The molecule has 0 saturated carbocycles. The van der Waals surface area contributed by atoms with Crippen molar-refractivity contribution in [1.29, 1.82) is 0 Å². The molecule has 2 saturated heterocycles. The van der Waals surface area contributed by atoms with E-state index in [1.807, 2.05) is 0 Å². The molecule has 0 unspecified atom stereocenters. The summed E-state index contributed by atoms with van der Waals surface area (Å²) in [6.07, 6.45) is 0.994. The highest BCUT2D eigenvalue weighted by Gasteiger charge is 2.47. The molecule has 0 radical (unpaired) electrons. The van der Waals surface area contributed by atoms with Gasteiger partial charge in [-0.2, -0.15) is 0 Å². The third-order valence-electron chi connectivity index (χ3n) is 4.20. The van der Waals surface area contributed by atoms with Gasteiger partial charge in [0.2, 0.25) is 0 Å². The molecule has 0 bridgehead atoms. The summed E-state index contributed by atoms with van der Waals surface area (Å²) < 4.78 is 6.81. The Hall–Kier alpha value is -1.48. The van der Waals surface area contributed by atoms with Gasteiger partial charge in [0.25, 0.3) is 5.56 Å². The quantitative estimate of drug-likeness (QED) is 0.611. The Bertz CT molecular complexity index is 606. The smallest absolute Gasteiger partial charge is 0.330 e. The topological polar surface area (TPSA) is 108 Å². The summed E-state index contributed by atoms with van der Waals surface area (Å²) in [6.45, 7) is 1.45. The first-order valence-electron chi connectivity index (χ1n) is 7.11. The molecule has 1 aromatic heterocycles. The lowest BCUT2D eigenvalue weighted by Crippen LogP contribution is -2.47. The molecule has 3 N–H and O–H groups in total. The molecule has 21 heavy (non-hydrogen) atoms. The Kier molecular flexibility index (Phi) is 3.94. The zero-order chi connectivity index (χ0) is 15.0. The fourth-order valence-corrected chi connectivity index (χ4v) is 3.23. The molecule has 8 nitrogen and oxygen atoms in total. The van der Waals surface area contributed by atoms with E-state index in [1.165, 1.54) is 12.3 Å². The molecule has 116 valence electrons. The summed E-state index contributed by atoms with van der Waals surface area (Å²) in [5, 5.41) is 20.0. The van der Waals surface area contributed by atoms with Crippen LogP contribution in [0.3, 0.4) is 0 Å². The van der Waals surface area contributed by atoms with Gasteiger partial charge in [0.1, 0.15) is 12.2 Å². The van der Waals surface area contributed by atoms with Crippen LogP contribution < -0.4 is 11.2 Å². The average Bonchev–Trinajstić information content (AvgIpc) is 3.06. The first-order chi connectivity index (χ1) is 10.1. The van der Waals surface area contributed by atoms with Gasteiger partial charge < -0.3 is 14.9 Å². The fraction of sp³-hybridized carbons (Fsp3) is 0.692. The number of aliphatic hydroxyl groups is 2. The van der Waals surface area contributed by atoms with Gasteiger partial charge in [0, 0.05) is 12.3 Å². The summed E-state index contributed by atoms with van der Waals surface area (Å²) in [5.74, 6) is 0. The van der Waals surface area contributed by atoms with Gasteiger partial charge in [0.05, 0.1) is 12.6 Å². The number of ether oxygens (including phenoxy) is 1. The maximum atomic E-state index is 11.8. The molecule has 3 rings (SSSR count). The largest absolute Gasteiger partial charge is 0.394 e. The van der Waals surface area contributed by atoms with E-state index in [-0.39, 0.29) is 12.6 Å². The van der Waals surface area contributed by atoms with E-state index in [4.69, 9.17) is 4.74 Å². The number of nitrogens with zero attached hydrogens (tertiary/aromatic N) is 2. The second-order valence-corrected chi connectivity index (χ2v) is 5.49. The Morgan fingerprint density at radius 3 is 2.67 bits per heavy atom. The number of rotatable bonds is 3. The Morgan fingerprint density at radius 1 is 1.33 bits per heavy atom. The van der Waals surface area contributed by atoms with Crippen LogP contribution in [-0.4, -0.2) is 62.6 Å². The van der Waals surface area contributed by atoms with Crippen molar-refractivity contribution in [3.8, 4) is 0 Å². The highest BCUT2D eigenvalue weighted by molar-refractivity contribution is 4.98. The zero-order valence-corrected chi connectivity index (χ0v) is 11.5. The van der Waals surface area contributed by atoms with Crippen LogP contribution in [0.5, 0.6) is 0 Å². The van der Waals surface area contributed by atoms with Crippen LogP contribution in [0.4, 0.5) is 0 Å². The first kappa shape index (κ1) is 14.5. The molecule has 2 aliphatic rings. The molecule has 0 amide bonds. The maximum absolute atomic E-state index is 11.8. The summed E-state index contributed by atoms with van der Waals surface area (Å²) in [7, 11) is 0. The van der Waals surface area contributed by atoms with E-state index in [0.717, 1.165) is 30.5 Å². The van der Waals surface area contributed by atoms with Gasteiger partial charge >= 0.3 is 5.69 Å². The molecule has 0 aliphatic carbocycles. The summed E-state index contributed by atoms with van der Waals surface area (Å²) in [4.78, 5) is 27.2. The lowest BCUT2D eigenvalue weighted by molar-refractivity contribution is -0.0539. The number of aromatic amines is 1. The third-order valence-corrected chi connectivity index (χ3v) is 4.20. The number of nitrogens with one attached hydrogen (secondary N) is 1. The van der Waals surface area contributed by atoms with Crippen LogP contribution in [-0.2, 0) is 4.74 Å². The molecular weight excluding hydrogens is 278 g/mol. The molecule has 2 fully saturated rings. The van der Waals surface area contributed by atoms with Crippen molar-refractivity contribution in [2.45, 2.75) is 37.3 Å². The molecule has 3 heterocycles. The normalized spacial score (nSPS) is 33.6. The summed E-state index contributed by atoms with van der Waals surface area (Å²) in [5.41, 5.74) is -1.14. The van der Waals surface area contributed by atoms with Crippen LogP contribution in [0.1, 0.15) is 19.1 Å². The zero-order valence-electron chi connectivity index (χ0n) is 11.5. The lowest BCUT2D eigenvalue weighted by Gasteiger charge is -2.28. The van der Waals surface area contributed by atoms with E-state index in [9.17, 15) is 19.8 Å². The van der Waals surface area contributed by atoms with Gasteiger partial charge in [-0.25, -0.2) is 4.79 Å². The number of aliphatic hydroxyl groups excluding tert-OH is 2. The summed E-state index contributed by atoms with van der Waals surface area (Å²) in [6, 6.07) is 0.857. The number of hydrogen-bond donors (Lipinski definition) is 3. The molecule has 0 spiro atoms. The average molecular weight is 297 g/mol. The standard InChI is InChI=1S/C13H19N3O5/c17-7-8-10(15-4-1-2-5-15)11(19)12(21-8)16-6-3-9(18)14-13(16)20/h3,6,8,10-12,17,19H,1-2,4-5,7H2,(H,14,18,20)/t8-,10-,11+,12-/m1/s1. The number of hydrogen-bond acceptors (Lipinski definition) is 6. The van der Waals surface area contributed by atoms with Gasteiger partial charge in [-0.15, -0.1) is 0 Å².